The van der Waals surface area contributed by atoms with E-state index in [0.29, 0.717) is 23.5 Å². The minimum absolute atomic E-state index is 0.00170. The zero-order chi connectivity index (χ0) is 18.9. The van der Waals surface area contributed by atoms with Gasteiger partial charge in [0.15, 0.2) is 5.78 Å². The van der Waals surface area contributed by atoms with Gasteiger partial charge in [-0.15, -0.1) is 0 Å². The van der Waals surface area contributed by atoms with Gasteiger partial charge in [-0.25, -0.2) is 4.39 Å². The molecular weight excluding hydrogens is 337 g/mol. The van der Waals surface area contributed by atoms with E-state index in [4.69, 9.17) is 4.74 Å². The summed E-state index contributed by atoms with van der Waals surface area (Å²) in [6.45, 7) is 2.43. The van der Waals surface area contributed by atoms with Gasteiger partial charge in [-0.2, -0.15) is 0 Å². The monoisotopic (exact) mass is 359 g/mol. The van der Waals surface area contributed by atoms with Crippen LogP contribution in [0.25, 0.3) is 0 Å². The van der Waals surface area contributed by atoms with Crippen LogP contribution in [-0.2, 0) is 4.79 Å². The molecule has 0 aliphatic heterocycles. The number of carbonyl (C=O) groups is 2. The third kappa shape index (κ3) is 5.97. The molecule has 1 amide bonds. The van der Waals surface area contributed by atoms with E-state index in [-0.39, 0.29) is 31.1 Å². The van der Waals surface area contributed by atoms with Crippen LogP contribution in [0, 0.1) is 5.82 Å². The Bertz CT molecular complexity index is 728. The molecule has 2 rings (SSSR count). The summed E-state index contributed by atoms with van der Waals surface area (Å²) in [6, 6.07) is 12.2. The van der Waals surface area contributed by atoms with Gasteiger partial charge in [0.2, 0.25) is 5.91 Å². The lowest BCUT2D eigenvalue weighted by Gasteiger charge is -2.12. The first-order chi connectivity index (χ1) is 12.5. The topological polar surface area (TPSA) is 75.6 Å². The van der Waals surface area contributed by atoms with Crippen molar-refractivity contribution in [3.05, 3.63) is 65.5 Å². The number of carbonyl (C=O) groups excluding carboxylic acids is 2. The van der Waals surface area contributed by atoms with Crippen molar-refractivity contribution in [2.75, 3.05) is 13.2 Å². The van der Waals surface area contributed by atoms with Gasteiger partial charge in [0.1, 0.15) is 11.6 Å². The van der Waals surface area contributed by atoms with Crippen molar-refractivity contribution in [3.63, 3.8) is 0 Å². The molecule has 1 atom stereocenters. The average Bonchev–Trinajstić information content (AvgIpc) is 2.65. The first kappa shape index (κ1) is 19.6. The van der Waals surface area contributed by atoms with Crippen molar-refractivity contribution < 1.29 is 23.8 Å². The van der Waals surface area contributed by atoms with Gasteiger partial charge < -0.3 is 15.2 Å². The maximum atomic E-state index is 12.9. The molecule has 0 heterocycles. The summed E-state index contributed by atoms with van der Waals surface area (Å²) in [7, 11) is 0. The molecule has 0 saturated heterocycles. The van der Waals surface area contributed by atoms with Gasteiger partial charge in [-0.05, 0) is 48.9 Å². The van der Waals surface area contributed by atoms with E-state index in [1.807, 2.05) is 6.92 Å². The summed E-state index contributed by atoms with van der Waals surface area (Å²) in [5.74, 6) is -0.165. The van der Waals surface area contributed by atoms with E-state index in [0.717, 1.165) is 0 Å². The summed E-state index contributed by atoms with van der Waals surface area (Å²) in [6.07, 6.45) is -0.824. The van der Waals surface area contributed by atoms with Crippen LogP contribution in [-0.4, -0.2) is 29.9 Å². The molecule has 2 aromatic carbocycles. The molecule has 0 fully saturated rings. The van der Waals surface area contributed by atoms with E-state index in [1.165, 1.54) is 24.3 Å². The molecule has 2 aromatic rings. The third-order valence-corrected chi connectivity index (χ3v) is 3.81. The van der Waals surface area contributed by atoms with Crippen LogP contribution < -0.4 is 10.1 Å². The molecule has 138 valence electrons. The van der Waals surface area contributed by atoms with E-state index in [9.17, 15) is 19.1 Å². The van der Waals surface area contributed by atoms with Gasteiger partial charge in [-0.1, -0.05) is 12.1 Å². The van der Waals surface area contributed by atoms with Gasteiger partial charge in [-0.3, -0.25) is 9.59 Å². The number of rotatable bonds is 9. The molecule has 6 heteroatoms. The fourth-order valence-electron chi connectivity index (χ4n) is 2.38. The zero-order valence-corrected chi connectivity index (χ0v) is 14.6. The SMILES string of the molecule is CCOc1ccc(C(=O)CCC(=O)NCC(O)c2ccc(F)cc2)cc1. The van der Waals surface area contributed by atoms with Crippen LogP contribution in [0.2, 0.25) is 0 Å². The highest BCUT2D eigenvalue weighted by Gasteiger charge is 2.12. The second-order valence-electron chi connectivity index (χ2n) is 5.75. The van der Waals surface area contributed by atoms with Crippen LogP contribution in [0.4, 0.5) is 4.39 Å². The summed E-state index contributed by atoms with van der Waals surface area (Å²) in [5.41, 5.74) is 1.03. The van der Waals surface area contributed by atoms with Gasteiger partial charge in [0.25, 0.3) is 0 Å². The Kier molecular flexibility index (Phi) is 7.29. The number of benzene rings is 2. The third-order valence-electron chi connectivity index (χ3n) is 3.81. The summed E-state index contributed by atoms with van der Waals surface area (Å²) >= 11 is 0. The molecule has 0 spiro atoms. The lowest BCUT2D eigenvalue weighted by atomic mass is 10.1. The Morgan fingerprint density at radius 2 is 1.73 bits per heavy atom. The van der Waals surface area contributed by atoms with E-state index >= 15 is 0 Å². The van der Waals surface area contributed by atoms with E-state index < -0.39 is 11.9 Å². The second kappa shape index (κ2) is 9.68. The fourth-order valence-corrected chi connectivity index (χ4v) is 2.38. The lowest BCUT2D eigenvalue weighted by Crippen LogP contribution is -2.28. The quantitative estimate of drug-likeness (QED) is 0.675. The first-order valence-electron chi connectivity index (χ1n) is 8.46. The minimum Gasteiger partial charge on any atom is -0.494 e. The molecule has 0 aliphatic carbocycles. The number of hydrogen-bond acceptors (Lipinski definition) is 4. The molecule has 0 aliphatic rings. The van der Waals surface area contributed by atoms with Crippen LogP contribution in [0.3, 0.4) is 0 Å². The summed E-state index contributed by atoms with van der Waals surface area (Å²) in [5, 5.41) is 12.5. The second-order valence-corrected chi connectivity index (χ2v) is 5.75. The Morgan fingerprint density at radius 3 is 2.35 bits per heavy atom. The molecule has 0 radical (unpaired) electrons. The molecule has 26 heavy (non-hydrogen) atoms. The van der Waals surface area contributed by atoms with Crippen molar-refractivity contribution in [2.24, 2.45) is 0 Å². The van der Waals surface area contributed by atoms with Crippen molar-refractivity contribution in [3.8, 4) is 5.75 Å². The molecule has 0 aromatic heterocycles. The predicted molar refractivity (Wildman–Crippen MR) is 95.5 cm³/mol. The molecule has 0 bridgehead atoms. The average molecular weight is 359 g/mol. The number of ketones is 1. The highest BCUT2D eigenvalue weighted by atomic mass is 19.1. The largest absolute Gasteiger partial charge is 0.494 e. The smallest absolute Gasteiger partial charge is 0.220 e. The van der Waals surface area contributed by atoms with Crippen LogP contribution in [0.1, 0.15) is 41.8 Å². The summed E-state index contributed by atoms with van der Waals surface area (Å²) < 4.78 is 18.2. The lowest BCUT2D eigenvalue weighted by molar-refractivity contribution is -0.121. The molecular formula is C20H22FNO4. The summed E-state index contributed by atoms with van der Waals surface area (Å²) in [4.78, 5) is 24.0. The van der Waals surface area contributed by atoms with Crippen molar-refractivity contribution in [1.82, 2.24) is 5.32 Å². The van der Waals surface area contributed by atoms with E-state index in [1.54, 1.807) is 24.3 Å². The number of Topliss-reactive ketones (excluding diaryl/α,β-unsaturated/α-hetero) is 1. The maximum absolute atomic E-state index is 12.9. The number of aliphatic hydroxyl groups excluding tert-OH is 1. The van der Waals surface area contributed by atoms with Crippen LogP contribution in [0.15, 0.2) is 48.5 Å². The number of amides is 1. The molecule has 1 unspecified atom stereocenters. The predicted octanol–water partition coefficient (Wildman–Crippen LogP) is 3.04. The number of ether oxygens (including phenoxy) is 1. The Hall–Kier alpha value is -2.73. The maximum Gasteiger partial charge on any atom is 0.220 e. The van der Waals surface area contributed by atoms with Crippen molar-refractivity contribution in [2.45, 2.75) is 25.9 Å². The van der Waals surface area contributed by atoms with Crippen molar-refractivity contribution >= 4 is 11.7 Å². The standard InChI is InChI=1S/C20H22FNO4/c1-2-26-17-9-5-14(6-10-17)18(23)11-12-20(25)22-13-19(24)15-3-7-16(21)8-4-15/h3-10,19,24H,2,11-13H2,1H3,(H,22,25). The number of aliphatic hydroxyl groups is 1. The van der Waals surface area contributed by atoms with Crippen LogP contribution >= 0.6 is 0 Å². The fraction of sp³-hybridized carbons (Fsp3) is 0.300. The highest BCUT2D eigenvalue weighted by Crippen LogP contribution is 2.15. The number of halogens is 1. The molecule has 5 nitrogen and oxygen atoms in total. The Labute approximate surface area is 151 Å². The van der Waals surface area contributed by atoms with Crippen molar-refractivity contribution in [1.29, 1.82) is 0 Å². The van der Waals surface area contributed by atoms with E-state index in [2.05, 4.69) is 5.32 Å². The Balaban J connectivity index is 1.75. The van der Waals surface area contributed by atoms with Gasteiger partial charge >= 0.3 is 0 Å². The van der Waals surface area contributed by atoms with Crippen LogP contribution in [0.5, 0.6) is 5.75 Å². The molecule has 2 N–H and O–H groups in total. The van der Waals surface area contributed by atoms with Gasteiger partial charge in [0.05, 0.1) is 12.7 Å². The molecule has 0 saturated carbocycles. The Morgan fingerprint density at radius 1 is 1.08 bits per heavy atom. The normalized spacial score (nSPS) is 11.7. The highest BCUT2D eigenvalue weighted by molar-refractivity contribution is 5.98. The number of nitrogens with one attached hydrogen (secondary N) is 1. The zero-order valence-electron chi connectivity index (χ0n) is 14.6. The minimum atomic E-state index is -0.929. The first-order valence-corrected chi connectivity index (χ1v) is 8.46. The number of hydrogen-bond donors (Lipinski definition) is 2. The van der Waals surface area contributed by atoms with Gasteiger partial charge in [0, 0.05) is 24.9 Å².